The highest BCUT2D eigenvalue weighted by Gasteiger charge is 2.33. The number of thioether (sulfide) groups is 1. The number of hydroxylamine groups is 1. The molecule has 160 valence electrons. The summed E-state index contributed by atoms with van der Waals surface area (Å²) in [5.41, 5.74) is 3.10. The summed E-state index contributed by atoms with van der Waals surface area (Å²) in [7, 11) is -2.11. The normalized spacial score (nSPS) is 23.7. The first-order valence-electron chi connectivity index (χ1n) is 11.3. The average Bonchev–Trinajstić information content (AvgIpc) is 2.62. The van der Waals surface area contributed by atoms with E-state index in [1.165, 1.54) is 63.1 Å². The van der Waals surface area contributed by atoms with Gasteiger partial charge in [-0.2, -0.15) is 0 Å². The molecule has 1 fully saturated rings. The predicted octanol–water partition coefficient (Wildman–Crippen LogP) is 6.21. The van der Waals surface area contributed by atoms with Gasteiger partial charge in [0, 0.05) is 25.3 Å². The maximum absolute atomic E-state index is 12.0. The molecule has 1 heterocycles. The van der Waals surface area contributed by atoms with E-state index >= 15 is 0 Å². The second-order valence-electron chi connectivity index (χ2n) is 8.23. The van der Waals surface area contributed by atoms with Gasteiger partial charge in [-0.1, -0.05) is 77.0 Å². The van der Waals surface area contributed by atoms with Crippen molar-refractivity contribution in [1.82, 2.24) is 5.48 Å². The van der Waals surface area contributed by atoms with Crippen LogP contribution in [0.25, 0.3) is 0 Å². The van der Waals surface area contributed by atoms with Crippen molar-refractivity contribution in [3.05, 3.63) is 0 Å². The van der Waals surface area contributed by atoms with Crippen LogP contribution >= 0.6 is 11.8 Å². The van der Waals surface area contributed by atoms with Crippen LogP contribution in [0.15, 0.2) is 0 Å². The van der Waals surface area contributed by atoms with Gasteiger partial charge in [0.05, 0.1) is 0 Å². The van der Waals surface area contributed by atoms with E-state index in [4.69, 9.17) is 8.95 Å². The third kappa shape index (κ3) is 13.9. The third-order valence-corrected chi connectivity index (χ3v) is 8.93. The van der Waals surface area contributed by atoms with Crippen molar-refractivity contribution in [2.75, 3.05) is 18.9 Å². The van der Waals surface area contributed by atoms with E-state index in [9.17, 15) is 4.79 Å². The predicted molar refractivity (Wildman–Crippen MR) is 119 cm³/mol. The van der Waals surface area contributed by atoms with Gasteiger partial charge in [0.15, 0.2) is 5.12 Å². The van der Waals surface area contributed by atoms with Crippen LogP contribution in [0.1, 0.15) is 90.9 Å². The summed E-state index contributed by atoms with van der Waals surface area (Å²) in [5.74, 6) is 1.49. The van der Waals surface area contributed by atoms with E-state index in [-0.39, 0.29) is 0 Å². The smallest absolute Gasteiger partial charge is 0.355 e. The molecule has 2 unspecified atom stereocenters. The first kappa shape index (κ1) is 25.2. The summed E-state index contributed by atoms with van der Waals surface area (Å²) < 4.78 is 11.9. The molecule has 0 amide bonds. The Kier molecular flexibility index (Phi) is 14.9. The van der Waals surface area contributed by atoms with Crippen LogP contribution in [0.3, 0.4) is 0 Å². The number of carbonyl (C=O) groups is 1. The van der Waals surface area contributed by atoms with E-state index < -0.39 is 8.56 Å². The second kappa shape index (κ2) is 16.0. The zero-order valence-electron chi connectivity index (χ0n) is 18.0. The Morgan fingerprint density at radius 3 is 2.44 bits per heavy atom. The molecule has 2 atom stereocenters. The number of nitrogens with one attached hydrogen (secondary N) is 1. The lowest BCUT2D eigenvalue weighted by Crippen LogP contribution is -2.46. The summed E-state index contributed by atoms with van der Waals surface area (Å²) in [4.78, 5) is 12.0. The first-order chi connectivity index (χ1) is 13.1. The van der Waals surface area contributed by atoms with Gasteiger partial charge >= 0.3 is 8.56 Å². The first-order valence-corrected chi connectivity index (χ1v) is 14.8. The molecule has 27 heavy (non-hydrogen) atoms. The molecule has 1 rings (SSSR count). The van der Waals surface area contributed by atoms with E-state index in [1.807, 2.05) is 0 Å². The fraction of sp³-hybridized carbons (Fsp3) is 0.952. The minimum absolute atomic E-state index is 0.358. The Labute approximate surface area is 173 Å². The molecule has 4 nitrogen and oxygen atoms in total. The SMILES string of the molecule is CCCCCCCCCCCC(=O)SCCC[Si]1(C)OCCC(C)CNO1. The van der Waals surface area contributed by atoms with E-state index in [1.54, 1.807) is 0 Å². The van der Waals surface area contributed by atoms with Crippen molar-refractivity contribution in [2.24, 2.45) is 5.92 Å². The topological polar surface area (TPSA) is 47.6 Å². The minimum Gasteiger partial charge on any atom is -0.394 e. The van der Waals surface area contributed by atoms with Crippen LogP contribution in [0.4, 0.5) is 0 Å². The highest BCUT2D eigenvalue weighted by molar-refractivity contribution is 8.13. The second-order valence-corrected chi connectivity index (χ2v) is 12.6. The molecule has 1 saturated heterocycles. The summed E-state index contributed by atoms with van der Waals surface area (Å²) in [6, 6.07) is 0.951. The highest BCUT2D eigenvalue weighted by Crippen LogP contribution is 2.21. The van der Waals surface area contributed by atoms with Gasteiger partial charge < -0.3 is 8.95 Å². The quantitative estimate of drug-likeness (QED) is 0.269. The van der Waals surface area contributed by atoms with E-state index in [0.29, 0.717) is 11.0 Å². The van der Waals surface area contributed by atoms with E-state index in [0.717, 1.165) is 50.6 Å². The molecule has 0 aromatic rings. The summed E-state index contributed by atoms with van der Waals surface area (Å²) in [6.45, 7) is 8.30. The van der Waals surface area contributed by atoms with Crippen molar-refractivity contribution >= 4 is 25.4 Å². The zero-order chi connectivity index (χ0) is 19.8. The van der Waals surface area contributed by atoms with E-state index in [2.05, 4.69) is 25.9 Å². The molecule has 6 heteroatoms. The van der Waals surface area contributed by atoms with Gasteiger partial charge in [-0.15, -0.1) is 0 Å². The van der Waals surface area contributed by atoms with Crippen molar-refractivity contribution in [3.63, 3.8) is 0 Å². The fourth-order valence-electron chi connectivity index (χ4n) is 3.30. The standard InChI is InChI=1S/C21H43NO3SSi/c1-4-5-6-7-8-9-10-11-12-14-21(23)26-17-13-18-27(3)24-16-15-20(2)19-22-25-27/h20,22H,4-19H2,1-3H3. The maximum Gasteiger partial charge on any atom is 0.355 e. The Bertz CT molecular complexity index is 374. The molecule has 0 spiro atoms. The monoisotopic (exact) mass is 417 g/mol. The van der Waals surface area contributed by atoms with Crippen molar-refractivity contribution < 1.29 is 13.7 Å². The minimum atomic E-state index is -2.11. The molecule has 0 saturated carbocycles. The van der Waals surface area contributed by atoms with Crippen LogP contribution in [-0.4, -0.2) is 32.6 Å². The summed E-state index contributed by atoms with van der Waals surface area (Å²) in [5, 5.41) is 0.358. The number of carbonyl (C=O) groups excluding carboxylic acids is 1. The van der Waals surface area contributed by atoms with Gasteiger partial charge in [0.1, 0.15) is 0 Å². The van der Waals surface area contributed by atoms with Crippen molar-refractivity contribution in [2.45, 2.75) is 103 Å². The summed E-state index contributed by atoms with van der Waals surface area (Å²) in [6.07, 6.45) is 14.5. The Morgan fingerprint density at radius 2 is 1.74 bits per heavy atom. The molecule has 1 N–H and O–H groups in total. The lowest BCUT2D eigenvalue weighted by Gasteiger charge is -2.30. The summed E-state index contributed by atoms with van der Waals surface area (Å²) >= 11 is 1.50. The molecule has 0 radical (unpaired) electrons. The number of hydrogen-bond acceptors (Lipinski definition) is 5. The van der Waals surface area contributed by atoms with Crippen LogP contribution in [0.5, 0.6) is 0 Å². The Morgan fingerprint density at radius 1 is 1.07 bits per heavy atom. The molecule has 1 aliphatic rings. The number of rotatable bonds is 14. The average molecular weight is 418 g/mol. The van der Waals surface area contributed by atoms with Gasteiger partial charge in [-0.05, 0) is 37.8 Å². The molecular weight excluding hydrogens is 374 g/mol. The highest BCUT2D eigenvalue weighted by atomic mass is 32.2. The van der Waals surface area contributed by atoms with Gasteiger partial charge in [-0.25, -0.2) is 5.48 Å². The molecular formula is C21H43NO3SSi. The third-order valence-electron chi connectivity index (χ3n) is 5.26. The number of unbranched alkanes of at least 4 members (excludes halogenated alkanes) is 8. The molecule has 0 bridgehead atoms. The Balaban J connectivity index is 1.96. The van der Waals surface area contributed by atoms with Crippen molar-refractivity contribution in [1.29, 1.82) is 0 Å². The van der Waals surface area contributed by atoms with Crippen LogP contribution in [-0.2, 0) is 13.7 Å². The van der Waals surface area contributed by atoms with Gasteiger partial charge in [0.25, 0.3) is 0 Å². The maximum atomic E-state index is 12.0. The molecule has 0 aromatic heterocycles. The van der Waals surface area contributed by atoms with Gasteiger partial charge in [-0.3, -0.25) is 4.79 Å². The fourth-order valence-corrected chi connectivity index (χ4v) is 6.42. The zero-order valence-corrected chi connectivity index (χ0v) is 19.8. The largest absolute Gasteiger partial charge is 0.394 e. The molecule has 0 aromatic carbocycles. The number of hydrogen-bond donors (Lipinski definition) is 1. The lowest BCUT2D eigenvalue weighted by atomic mass is 10.1. The van der Waals surface area contributed by atoms with Crippen LogP contribution in [0, 0.1) is 5.92 Å². The lowest BCUT2D eigenvalue weighted by molar-refractivity contribution is -0.111. The van der Waals surface area contributed by atoms with Crippen molar-refractivity contribution in [3.8, 4) is 0 Å². The molecule has 0 aliphatic carbocycles. The molecule has 1 aliphatic heterocycles. The van der Waals surface area contributed by atoms with Gasteiger partial charge in [0.2, 0.25) is 0 Å². The van der Waals surface area contributed by atoms with Crippen LogP contribution < -0.4 is 5.48 Å². The Hall–Kier alpha value is 0.117. The van der Waals surface area contributed by atoms with Crippen LogP contribution in [0.2, 0.25) is 12.6 Å².